The van der Waals surface area contributed by atoms with Gasteiger partial charge >= 0.3 is 5.97 Å². The molecule has 0 atom stereocenters. The normalized spacial score (nSPS) is 10.7. The lowest BCUT2D eigenvalue weighted by Crippen LogP contribution is -1.98. The summed E-state index contributed by atoms with van der Waals surface area (Å²) in [6, 6.07) is 4.01. The number of carboxylic acids is 1. The summed E-state index contributed by atoms with van der Waals surface area (Å²) in [7, 11) is 0. The number of aryl methyl sites for hydroxylation is 2. The number of hydrogen-bond donors (Lipinski definition) is 1. The molecule has 2 aromatic heterocycles. The number of hydrogen-bond acceptors (Lipinski definition) is 2. The quantitative estimate of drug-likeness (QED) is 0.827. The van der Waals surface area contributed by atoms with Crippen LogP contribution in [0.15, 0.2) is 24.7 Å². The Morgan fingerprint density at radius 1 is 1.60 bits per heavy atom. The van der Waals surface area contributed by atoms with Crippen molar-refractivity contribution < 1.29 is 9.90 Å². The monoisotopic (exact) mass is 204 g/mol. The Kier molecular flexibility index (Phi) is 2.41. The summed E-state index contributed by atoms with van der Waals surface area (Å²) in [5.41, 5.74) is 3.00. The molecule has 0 unspecified atom stereocenters. The molecule has 0 radical (unpaired) electrons. The zero-order valence-corrected chi connectivity index (χ0v) is 8.47. The van der Waals surface area contributed by atoms with Crippen LogP contribution in [-0.2, 0) is 11.2 Å². The molecule has 2 heterocycles. The molecule has 0 fully saturated rings. The number of carbonyl (C=O) groups is 1. The standard InChI is InChI=1S/C11H12N2O2/c1-8-4-5-13-7-12-9(10(13)6-8)2-3-11(14)15/h4-7H,2-3H2,1H3,(H,14,15). The summed E-state index contributed by atoms with van der Waals surface area (Å²) >= 11 is 0. The SMILES string of the molecule is Cc1ccn2cnc(CCC(=O)O)c2c1. The van der Waals surface area contributed by atoms with Crippen LogP contribution in [0.2, 0.25) is 0 Å². The van der Waals surface area contributed by atoms with Crippen molar-refractivity contribution in [1.29, 1.82) is 0 Å². The number of fused-ring (bicyclic) bond motifs is 1. The average Bonchev–Trinajstić information content (AvgIpc) is 2.57. The summed E-state index contributed by atoms with van der Waals surface area (Å²) in [4.78, 5) is 14.7. The lowest BCUT2D eigenvalue weighted by atomic mass is 10.2. The van der Waals surface area contributed by atoms with Crippen molar-refractivity contribution in [3.63, 3.8) is 0 Å². The van der Waals surface area contributed by atoms with Gasteiger partial charge in [-0.2, -0.15) is 0 Å². The number of rotatable bonds is 3. The molecule has 78 valence electrons. The van der Waals surface area contributed by atoms with Gasteiger partial charge in [0, 0.05) is 12.6 Å². The van der Waals surface area contributed by atoms with E-state index in [4.69, 9.17) is 5.11 Å². The predicted octanol–water partition coefficient (Wildman–Crippen LogP) is 1.66. The Balaban J connectivity index is 2.35. The first-order chi connectivity index (χ1) is 7.16. The van der Waals surface area contributed by atoms with Gasteiger partial charge in [0.15, 0.2) is 0 Å². The van der Waals surface area contributed by atoms with Crippen molar-refractivity contribution in [3.05, 3.63) is 35.9 Å². The number of nitrogens with zero attached hydrogens (tertiary/aromatic N) is 2. The highest BCUT2D eigenvalue weighted by Gasteiger charge is 2.06. The Hall–Kier alpha value is -1.84. The van der Waals surface area contributed by atoms with E-state index in [2.05, 4.69) is 4.98 Å². The molecule has 0 aliphatic heterocycles. The highest BCUT2D eigenvalue weighted by Crippen LogP contribution is 2.13. The Morgan fingerprint density at radius 3 is 3.13 bits per heavy atom. The fraction of sp³-hybridized carbons (Fsp3) is 0.273. The first-order valence-electron chi connectivity index (χ1n) is 4.81. The van der Waals surface area contributed by atoms with Crippen molar-refractivity contribution in [2.75, 3.05) is 0 Å². The lowest BCUT2D eigenvalue weighted by Gasteiger charge is -1.98. The molecule has 0 saturated carbocycles. The van der Waals surface area contributed by atoms with E-state index in [-0.39, 0.29) is 6.42 Å². The van der Waals surface area contributed by atoms with E-state index in [1.165, 1.54) is 0 Å². The Labute approximate surface area is 87.2 Å². The van der Waals surface area contributed by atoms with E-state index in [0.717, 1.165) is 16.8 Å². The van der Waals surface area contributed by atoms with E-state index in [1.54, 1.807) is 6.33 Å². The minimum atomic E-state index is -0.788. The summed E-state index contributed by atoms with van der Waals surface area (Å²) in [5, 5.41) is 8.60. The fourth-order valence-electron chi connectivity index (χ4n) is 1.57. The van der Waals surface area contributed by atoms with Crippen molar-refractivity contribution >= 4 is 11.5 Å². The fourth-order valence-corrected chi connectivity index (χ4v) is 1.57. The van der Waals surface area contributed by atoms with Gasteiger partial charge in [0.25, 0.3) is 0 Å². The number of carboxylic acid groups (broad SMARTS) is 1. The second kappa shape index (κ2) is 3.73. The van der Waals surface area contributed by atoms with Crippen LogP contribution in [0.1, 0.15) is 17.7 Å². The maximum atomic E-state index is 10.5. The first kappa shape index (κ1) is 9.71. The minimum Gasteiger partial charge on any atom is -0.481 e. The van der Waals surface area contributed by atoms with Crippen LogP contribution < -0.4 is 0 Å². The van der Waals surface area contributed by atoms with Crippen molar-refractivity contribution in [2.24, 2.45) is 0 Å². The molecule has 15 heavy (non-hydrogen) atoms. The van der Waals surface area contributed by atoms with Crippen LogP contribution in [0.4, 0.5) is 0 Å². The minimum absolute atomic E-state index is 0.126. The van der Waals surface area contributed by atoms with Gasteiger partial charge in [-0.05, 0) is 24.6 Å². The highest BCUT2D eigenvalue weighted by molar-refractivity contribution is 5.67. The second-order valence-corrected chi connectivity index (χ2v) is 3.58. The third-order valence-electron chi connectivity index (χ3n) is 2.35. The molecule has 0 aliphatic carbocycles. The van der Waals surface area contributed by atoms with Crippen molar-refractivity contribution in [2.45, 2.75) is 19.8 Å². The Bertz CT molecular complexity index is 502. The maximum Gasteiger partial charge on any atom is 0.303 e. The zero-order chi connectivity index (χ0) is 10.8. The highest BCUT2D eigenvalue weighted by atomic mass is 16.4. The van der Waals surface area contributed by atoms with E-state index in [0.29, 0.717) is 6.42 Å². The van der Waals surface area contributed by atoms with Gasteiger partial charge in [-0.1, -0.05) is 0 Å². The average molecular weight is 204 g/mol. The summed E-state index contributed by atoms with van der Waals surface area (Å²) in [6.07, 6.45) is 4.25. The van der Waals surface area contributed by atoms with Gasteiger partial charge in [-0.3, -0.25) is 4.79 Å². The molecule has 0 amide bonds. The van der Waals surface area contributed by atoms with Crippen LogP contribution >= 0.6 is 0 Å². The molecule has 4 heteroatoms. The molecule has 0 aliphatic rings. The van der Waals surface area contributed by atoms with Crippen LogP contribution in [0, 0.1) is 6.92 Å². The molecule has 4 nitrogen and oxygen atoms in total. The third kappa shape index (κ3) is 1.98. The molecule has 1 N–H and O–H groups in total. The molecule has 0 saturated heterocycles. The largest absolute Gasteiger partial charge is 0.481 e. The van der Waals surface area contributed by atoms with Gasteiger partial charge in [0.1, 0.15) is 0 Å². The van der Waals surface area contributed by atoms with Gasteiger partial charge in [0.2, 0.25) is 0 Å². The molecule has 0 bridgehead atoms. The first-order valence-corrected chi connectivity index (χ1v) is 4.81. The van der Waals surface area contributed by atoms with Crippen LogP contribution in [-0.4, -0.2) is 20.5 Å². The molecule has 0 spiro atoms. The molecule has 2 rings (SSSR count). The molecule has 2 aromatic rings. The van der Waals surface area contributed by atoms with E-state index in [9.17, 15) is 4.79 Å². The van der Waals surface area contributed by atoms with E-state index >= 15 is 0 Å². The predicted molar refractivity (Wildman–Crippen MR) is 55.9 cm³/mol. The van der Waals surface area contributed by atoms with Gasteiger partial charge in [0.05, 0.1) is 24.0 Å². The van der Waals surface area contributed by atoms with Crippen LogP contribution in [0.25, 0.3) is 5.52 Å². The van der Waals surface area contributed by atoms with E-state index < -0.39 is 5.97 Å². The molecular formula is C11H12N2O2. The van der Waals surface area contributed by atoms with Crippen molar-refractivity contribution in [1.82, 2.24) is 9.38 Å². The lowest BCUT2D eigenvalue weighted by molar-refractivity contribution is -0.136. The smallest absolute Gasteiger partial charge is 0.303 e. The second-order valence-electron chi connectivity index (χ2n) is 3.58. The third-order valence-corrected chi connectivity index (χ3v) is 2.35. The number of aromatic nitrogens is 2. The number of imidazole rings is 1. The van der Waals surface area contributed by atoms with Crippen LogP contribution in [0.5, 0.6) is 0 Å². The van der Waals surface area contributed by atoms with Gasteiger partial charge in [-0.15, -0.1) is 0 Å². The molecule has 0 aromatic carbocycles. The maximum absolute atomic E-state index is 10.5. The number of aliphatic carboxylic acids is 1. The van der Waals surface area contributed by atoms with E-state index in [1.807, 2.05) is 29.7 Å². The summed E-state index contributed by atoms with van der Waals surface area (Å²) in [6.45, 7) is 2.01. The molecular weight excluding hydrogens is 192 g/mol. The number of pyridine rings is 1. The van der Waals surface area contributed by atoms with Gasteiger partial charge < -0.3 is 9.51 Å². The topological polar surface area (TPSA) is 54.6 Å². The van der Waals surface area contributed by atoms with Crippen molar-refractivity contribution in [3.8, 4) is 0 Å². The van der Waals surface area contributed by atoms with Gasteiger partial charge in [-0.25, -0.2) is 4.98 Å². The zero-order valence-electron chi connectivity index (χ0n) is 8.47. The Morgan fingerprint density at radius 2 is 2.40 bits per heavy atom. The summed E-state index contributed by atoms with van der Waals surface area (Å²) in [5.74, 6) is -0.788. The summed E-state index contributed by atoms with van der Waals surface area (Å²) < 4.78 is 1.91. The van der Waals surface area contributed by atoms with Crippen LogP contribution in [0.3, 0.4) is 0 Å².